The molecule has 1 amide bonds. The smallest absolute Gasteiger partial charge is 0.243 e. The minimum absolute atomic E-state index is 0.0409. The molecule has 0 unspecified atom stereocenters. The van der Waals surface area contributed by atoms with Crippen LogP contribution in [0.3, 0.4) is 0 Å². The number of ether oxygens (including phenoxy) is 2. The Morgan fingerprint density at radius 3 is 2.48 bits per heavy atom. The third-order valence-electron chi connectivity index (χ3n) is 3.05. The lowest BCUT2D eigenvalue weighted by Crippen LogP contribution is -2.22. The second kappa shape index (κ2) is 7.44. The lowest BCUT2D eigenvalue weighted by molar-refractivity contribution is -0.114. The van der Waals surface area contributed by atoms with Gasteiger partial charge in [-0.15, -0.1) is 0 Å². The fourth-order valence-corrected chi connectivity index (χ4v) is 1.91. The van der Waals surface area contributed by atoms with Crippen molar-refractivity contribution in [2.24, 2.45) is 0 Å². The molecule has 0 aliphatic rings. The summed E-state index contributed by atoms with van der Waals surface area (Å²) < 4.78 is 36.5. The number of benzene rings is 2. The SMILES string of the molecule is COc1ccc(OC)c(NC(=O)CNc2ccc(F)cc2F)c1. The maximum Gasteiger partial charge on any atom is 0.243 e. The molecular weight excluding hydrogens is 306 g/mol. The van der Waals surface area contributed by atoms with Crippen LogP contribution in [0.25, 0.3) is 0 Å². The van der Waals surface area contributed by atoms with E-state index in [-0.39, 0.29) is 12.2 Å². The van der Waals surface area contributed by atoms with Crippen molar-refractivity contribution in [1.29, 1.82) is 0 Å². The highest BCUT2D eigenvalue weighted by Gasteiger charge is 2.10. The second-order valence-electron chi connectivity index (χ2n) is 4.59. The van der Waals surface area contributed by atoms with Crippen LogP contribution in [0.15, 0.2) is 36.4 Å². The quantitative estimate of drug-likeness (QED) is 0.858. The summed E-state index contributed by atoms with van der Waals surface area (Å²) >= 11 is 0. The van der Waals surface area contributed by atoms with Gasteiger partial charge in [-0.25, -0.2) is 8.78 Å². The van der Waals surface area contributed by atoms with Gasteiger partial charge in [-0.1, -0.05) is 0 Å². The van der Waals surface area contributed by atoms with E-state index in [1.165, 1.54) is 20.3 Å². The summed E-state index contributed by atoms with van der Waals surface area (Å²) in [4.78, 5) is 12.0. The average molecular weight is 322 g/mol. The molecular formula is C16H16F2N2O3. The maximum atomic E-state index is 13.5. The van der Waals surface area contributed by atoms with Crippen molar-refractivity contribution in [3.63, 3.8) is 0 Å². The van der Waals surface area contributed by atoms with Crippen molar-refractivity contribution in [3.8, 4) is 11.5 Å². The van der Waals surface area contributed by atoms with Crippen molar-refractivity contribution in [1.82, 2.24) is 0 Å². The maximum absolute atomic E-state index is 13.5. The van der Waals surface area contributed by atoms with E-state index in [4.69, 9.17) is 9.47 Å². The van der Waals surface area contributed by atoms with Gasteiger partial charge in [-0.05, 0) is 24.3 Å². The number of nitrogens with one attached hydrogen (secondary N) is 2. The third kappa shape index (κ3) is 4.32. The number of rotatable bonds is 6. The van der Waals surface area contributed by atoms with Gasteiger partial charge in [-0.2, -0.15) is 0 Å². The summed E-state index contributed by atoms with van der Waals surface area (Å²) in [5, 5.41) is 5.23. The van der Waals surface area contributed by atoms with Gasteiger partial charge in [-0.3, -0.25) is 4.79 Å². The molecule has 0 radical (unpaired) electrons. The van der Waals surface area contributed by atoms with Crippen LogP contribution in [0.5, 0.6) is 11.5 Å². The Hall–Kier alpha value is -2.83. The molecule has 0 aliphatic carbocycles. The van der Waals surface area contributed by atoms with Crippen molar-refractivity contribution in [2.45, 2.75) is 0 Å². The first-order valence-corrected chi connectivity index (χ1v) is 6.74. The van der Waals surface area contributed by atoms with Gasteiger partial charge in [0, 0.05) is 12.1 Å². The van der Waals surface area contributed by atoms with Gasteiger partial charge in [0.2, 0.25) is 5.91 Å². The van der Waals surface area contributed by atoms with Crippen molar-refractivity contribution in [2.75, 3.05) is 31.4 Å². The molecule has 2 N–H and O–H groups in total. The van der Waals surface area contributed by atoms with Crippen molar-refractivity contribution >= 4 is 17.3 Å². The largest absolute Gasteiger partial charge is 0.497 e. The van der Waals surface area contributed by atoms with Crippen LogP contribution in [0.4, 0.5) is 20.2 Å². The molecule has 23 heavy (non-hydrogen) atoms. The van der Waals surface area contributed by atoms with E-state index in [9.17, 15) is 13.6 Å². The predicted molar refractivity (Wildman–Crippen MR) is 83.0 cm³/mol. The van der Waals surface area contributed by atoms with Crippen LogP contribution in [-0.4, -0.2) is 26.7 Å². The molecule has 2 rings (SSSR count). The highest BCUT2D eigenvalue weighted by atomic mass is 19.1. The first-order chi connectivity index (χ1) is 11.0. The number of hydrogen-bond donors (Lipinski definition) is 2. The molecule has 7 heteroatoms. The van der Waals surface area contributed by atoms with Crippen LogP contribution in [-0.2, 0) is 4.79 Å². The van der Waals surface area contributed by atoms with Gasteiger partial charge < -0.3 is 20.1 Å². The Labute approximate surface area is 132 Å². The van der Waals surface area contributed by atoms with E-state index < -0.39 is 17.5 Å². The number of methoxy groups -OCH3 is 2. The van der Waals surface area contributed by atoms with Crippen LogP contribution in [0.2, 0.25) is 0 Å². The summed E-state index contributed by atoms with van der Waals surface area (Å²) in [5.41, 5.74) is 0.470. The van der Waals surface area contributed by atoms with E-state index in [2.05, 4.69) is 10.6 Å². The van der Waals surface area contributed by atoms with Gasteiger partial charge in [0.05, 0.1) is 32.1 Å². The molecule has 5 nitrogen and oxygen atoms in total. The molecule has 0 saturated heterocycles. The molecule has 0 aromatic heterocycles. The minimum atomic E-state index is -0.767. The third-order valence-corrected chi connectivity index (χ3v) is 3.05. The number of carbonyl (C=O) groups is 1. The summed E-state index contributed by atoms with van der Waals surface area (Å²) in [6, 6.07) is 8.03. The normalized spacial score (nSPS) is 10.1. The molecule has 0 aliphatic heterocycles. The summed E-state index contributed by atoms with van der Waals surface area (Å²) in [6.45, 7) is -0.192. The topological polar surface area (TPSA) is 59.6 Å². The van der Waals surface area contributed by atoms with Crippen molar-refractivity contribution in [3.05, 3.63) is 48.0 Å². The van der Waals surface area contributed by atoms with E-state index in [1.54, 1.807) is 18.2 Å². The predicted octanol–water partition coefficient (Wildman–Crippen LogP) is 3.03. The Morgan fingerprint density at radius 2 is 1.83 bits per heavy atom. The van der Waals surface area contributed by atoms with E-state index in [1.807, 2.05) is 0 Å². The first kappa shape index (κ1) is 16.5. The second-order valence-corrected chi connectivity index (χ2v) is 4.59. The zero-order valence-electron chi connectivity index (χ0n) is 12.7. The van der Waals surface area contributed by atoms with Gasteiger partial charge in [0.1, 0.15) is 23.1 Å². The molecule has 2 aromatic rings. The molecule has 0 bridgehead atoms. The zero-order chi connectivity index (χ0) is 16.8. The Morgan fingerprint density at radius 1 is 1.04 bits per heavy atom. The minimum Gasteiger partial charge on any atom is -0.497 e. The Kier molecular flexibility index (Phi) is 5.35. The molecule has 0 fully saturated rings. The monoisotopic (exact) mass is 322 g/mol. The number of anilines is 2. The van der Waals surface area contributed by atoms with Crippen LogP contribution in [0.1, 0.15) is 0 Å². The fraction of sp³-hybridized carbons (Fsp3) is 0.188. The number of carbonyl (C=O) groups excluding carboxylic acids is 1. The number of halogens is 2. The molecule has 0 atom stereocenters. The highest BCUT2D eigenvalue weighted by Crippen LogP contribution is 2.28. The van der Waals surface area contributed by atoms with Gasteiger partial charge >= 0.3 is 0 Å². The van der Waals surface area contributed by atoms with Crippen molar-refractivity contribution < 1.29 is 23.0 Å². The first-order valence-electron chi connectivity index (χ1n) is 6.74. The lowest BCUT2D eigenvalue weighted by Gasteiger charge is -2.12. The van der Waals surface area contributed by atoms with E-state index in [0.717, 1.165) is 12.1 Å². The van der Waals surface area contributed by atoms with Crippen LogP contribution >= 0.6 is 0 Å². The molecule has 2 aromatic carbocycles. The molecule has 0 saturated carbocycles. The molecule has 0 spiro atoms. The van der Waals surface area contributed by atoms with Gasteiger partial charge in [0.25, 0.3) is 0 Å². The lowest BCUT2D eigenvalue weighted by atomic mass is 10.2. The van der Waals surface area contributed by atoms with E-state index in [0.29, 0.717) is 17.2 Å². The average Bonchev–Trinajstić information content (AvgIpc) is 2.54. The Bertz CT molecular complexity index is 708. The summed E-state index contributed by atoms with van der Waals surface area (Å²) in [6.07, 6.45) is 0. The number of amides is 1. The summed E-state index contributed by atoms with van der Waals surface area (Å²) in [5.74, 6) is -0.846. The molecule has 122 valence electrons. The summed E-state index contributed by atoms with van der Waals surface area (Å²) in [7, 11) is 2.98. The molecule has 0 heterocycles. The van der Waals surface area contributed by atoms with E-state index >= 15 is 0 Å². The standard InChI is InChI=1S/C16H16F2N2O3/c1-22-11-4-6-15(23-2)14(8-11)20-16(21)9-19-13-5-3-10(17)7-12(13)18/h3-8,19H,9H2,1-2H3,(H,20,21). The Balaban J connectivity index is 2.02. The van der Waals surface area contributed by atoms with Crippen LogP contribution in [0, 0.1) is 11.6 Å². The highest BCUT2D eigenvalue weighted by molar-refractivity contribution is 5.95. The fourth-order valence-electron chi connectivity index (χ4n) is 1.91. The zero-order valence-corrected chi connectivity index (χ0v) is 12.7. The van der Waals surface area contributed by atoms with Gasteiger partial charge in [0.15, 0.2) is 0 Å². The number of hydrogen-bond acceptors (Lipinski definition) is 4. The van der Waals surface area contributed by atoms with Crippen LogP contribution < -0.4 is 20.1 Å².